The number of carbonyl (C=O) groups excluding carboxylic acids is 1. The fourth-order valence-corrected chi connectivity index (χ4v) is 3.95. The second kappa shape index (κ2) is 6.26. The number of nitrogens with one attached hydrogen (secondary N) is 1. The predicted octanol–water partition coefficient (Wildman–Crippen LogP) is 2.18. The van der Waals surface area contributed by atoms with Crippen molar-refractivity contribution in [1.29, 1.82) is 0 Å². The Bertz CT molecular complexity index is 1270. The average Bonchev–Trinajstić information content (AvgIpc) is 3.39. The van der Waals surface area contributed by atoms with E-state index in [1.165, 1.54) is 0 Å². The van der Waals surface area contributed by atoms with Crippen LogP contribution in [0.4, 0.5) is 0 Å². The number of fused-ring (bicyclic) bond motifs is 2. The minimum atomic E-state index is -0.234. The average molecular weight is 374 g/mol. The van der Waals surface area contributed by atoms with E-state index in [1.54, 1.807) is 40.8 Å². The number of aromatic nitrogens is 5. The van der Waals surface area contributed by atoms with Crippen molar-refractivity contribution in [2.75, 3.05) is 6.54 Å². The van der Waals surface area contributed by atoms with Crippen molar-refractivity contribution in [2.45, 2.75) is 18.9 Å². The quantitative estimate of drug-likeness (QED) is 0.580. The molecule has 1 N–H and O–H groups in total. The van der Waals surface area contributed by atoms with Crippen molar-refractivity contribution in [3.05, 3.63) is 64.2 Å². The van der Waals surface area contributed by atoms with Crippen molar-refractivity contribution in [3.8, 4) is 0 Å². The van der Waals surface area contributed by atoms with Crippen LogP contribution in [0.25, 0.3) is 21.9 Å². The summed E-state index contributed by atoms with van der Waals surface area (Å²) in [6, 6.07) is 12.3. The number of para-hydroxylation sites is 1. The molecule has 0 aliphatic carbocycles. The number of hydrogen-bond acceptors (Lipinski definition) is 5. The highest BCUT2D eigenvalue weighted by molar-refractivity contribution is 5.97. The molecule has 2 aromatic carbocycles. The summed E-state index contributed by atoms with van der Waals surface area (Å²) in [5.74, 6) is 0.534. The highest BCUT2D eigenvalue weighted by atomic mass is 16.2. The molecule has 2 aromatic heterocycles. The Hall–Kier alpha value is -3.55. The lowest BCUT2D eigenvalue weighted by molar-refractivity contribution is 0.0727. The van der Waals surface area contributed by atoms with Crippen molar-refractivity contribution in [2.24, 2.45) is 7.05 Å². The van der Waals surface area contributed by atoms with E-state index in [0.717, 1.165) is 12.8 Å². The summed E-state index contributed by atoms with van der Waals surface area (Å²) in [6.45, 7) is 0.628. The molecule has 0 spiro atoms. The number of benzene rings is 2. The number of nitrogens with zero attached hydrogens (tertiary/aromatic N) is 5. The first kappa shape index (κ1) is 16.6. The van der Waals surface area contributed by atoms with Crippen molar-refractivity contribution < 1.29 is 4.79 Å². The monoisotopic (exact) mass is 374 g/mol. The van der Waals surface area contributed by atoms with Crippen molar-refractivity contribution >= 4 is 27.8 Å². The third-order valence-corrected chi connectivity index (χ3v) is 5.39. The van der Waals surface area contributed by atoms with E-state index in [2.05, 4.69) is 15.4 Å². The first-order chi connectivity index (χ1) is 13.6. The van der Waals surface area contributed by atoms with Gasteiger partial charge in [0, 0.05) is 19.2 Å². The smallest absolute Gasteiger partial charge is 0.261 e. The highest BCUT2D eigenvalue weighted by Gasteiger charge is 2.33. The lowest BCUT2D eigenvalue weighted by atomic mass is 10.1. The fraction of sp³-hybridized carbons (Fsp3) is 0.250. The van der Waals surface area contributed by atoms with E-state index < -0.39 is 0 Å². The first-order valence-corrected chi connectivity index (χ1v) is 9.20. The Morgan fingerprint density at radius 2 is 1.93 bits per heavy atom. The third-order valence-electron chi connectivity index (χ3n) is 5.39. The number of rotatable bonds is 2. The maximum Gasteiger partial charge on any atom is 0.261 e. The van der Waals surface area contributed by atoms with Crippen LogP contribution in [0.2, 0.25) is 0 Å². The van der Waals surface area contributed by atoms with Gasteiger partial charge in [0.25, 0.3) is 11.5 Å². The molecule has 1 saturated heterocycles. The van der Waals surface area contributed by atoms with E-state index in [1.807, 2.05) is 18.2 Å². The molecule has 1 aliphatic rings. The number of likely N-dealkylation sites (tertiary alicyclic amines) is 1. The van der Waals surface area contributed by atoms with Gasteiger partial charge >= 0.3 is 0 Å². The maximum atomic E-state index is 13.2. The van der Waals surface area contributed by atoms with Gasteiger partial charge in [0.1, 0.15) is 16.9 Å². The summed E-state index contributed by atoms with van der Waals surface area (Å²) in [5.41, 5.74) is 2.48. The zero-order chi connectivity index (χ0) is 19.3. The molecule has 4 aromatic rings. The zero-order valence-electron chi connectivity index (χ0n) is 15.3. The van der Waals surface area contributed by atoms with Crippen molar-refractivity contribution in [1.82, 2.24) is 29.9 Å². The van der Waals surface area contributed by atoms with E-state index in [4.69, 9.17) is 4.98 Å². The van der Waals surface area contributed by atoms with Gasteiger partial charge < -0.3 is 4.90 Å². The van der Waals surface area contributed by atoms with Crippen LogP contribution in [0.5, 0.6) is 0 Å². The fourth-order valence-electron chi connectivity index (χ4n) is 3.95. The van der Waals surface area contributed by atoms with Crippen LogP contribution >= 0.6 is 0 Å². The molecule has 8 heteroatoms. The Balaban J connectivity index is 1.57. The molecule has 140 valence electrons. The minimum absolute atomic E-state index is 0.0881. The second-order valence-corrected chi connectivity index (χ2v) is 7.03. The summed E-state index contributed by atoms with van der Waals surface area (Å²) in [4.78, 5) is 32.5. The van der Waals surface area contributed by atoms with Crippen LogP contribution in [-0.2, 0) is 7.05 Å². The van der Waals surface area contributed by atoms with Crippen LogP contribution in [-0.4, -0.2) is 42.3 Å². The molecule has 8 nitrogen and oxygen atoms in total. The Labute approximate surface area is 159 Å². The SMILES string of the molecule is Cn1c(C2CCCN2C(=O)c2ccc3n[nH]nc3c2)nc2ccccc2c1=O. The van der Waals surface area contributed by atoms with Gasteiger partial charge in [-0.05, 0) is 43.2 Å². The molecule has 3 heterocycles. The Morgan fingerprint density at radius 1 is 1.11 bits per heavy atom. The van der Waals surface area contributed by atoms with E-state index >= 15 is 0 Å². The Morgan fingerprint density at radius 3 is 2.82 bits per heavy atom. The van der Waals surface area contributed by atoms with Crippen LogP contribution in [0, 0.1) is 0 Å². The zero-order valence-corrected chi connectivity index (χ0v) is 15.3. The number of amides is 1. The van der Waals surface area contributed by atoms with Gasteiger partial charge in [-0.1, -0.05) is 12.1 Å². The number of carbonyl (C=O) groups is 1. The topological polar surface area (TPSA) is 96.8 Å². The summed E-state index contributed by atoms with van der Waals surface area (Å²) in [7, 11) is 1.72. The molecule has 1 fully saturated rings. The summed E-state index contributed by atoms with van der Waals surface area (Å²) >= 11 is 0. The van der Waals surface area contributed by atoms with Gasteiger partial charge in [0.2, 0.25) is 0 Å². The highest BCUT2D eigenvalue weighted by Crippen LogP contribution is 2.32. The molecule has 1 unspecified atom stereocenters. The van der Waals surface area contributed by atoms with Gasteiger partial charge in [-0.25, -0.2) is 4.98 Å². The lowest BCUT2D eigenvalue weighted by Gasteiger charge is -2.26. The van der Waals surface area contributed by atoms with E-state index in [0.29, 0.717) is 39.9 Å². The standard InChI is InChI=1S/C20H18N6O2/c1-25-18(21-14-6-3-2-5-13(14)20(25)28)17-7-4-10-26(17)19(27)12-8-9-15-16(11-12)23-24-22-15/h2-3,5-6,8-9,11,17H,4,7,10H2,1H3,(H,22,23,24). The van der Waals surface area contributed by atoms with Gasteiger partial charge in [0.05, 0.1) is 16.9 Å². The third kappa shape index (κ3) is 2.49. The first-order valence-electron chi connectivity index (χ1n) is 9.20. The largest absolute Gasteiger partial charge is 0.328 e. The Kier molecular flexibility index (Phi) is 3.71. The van der Waals surface area contributed by atoms with Crippen LogP contribution in [0.1, 0.15) is 35.1 Å². The molecule has 5 rings (SSSR count). The molecular formula is C20H18N6O2. The van der Waals surface area contributed by atoms with Crippen molar-refractivity contribution in [3.63, 3.8) is 0 Å². The van der Waals surface area contributed by atoms with Crippen LogP contribution in [0.3, 0.4) is 0 Å². The van der Waals surface area contributed by atoms with E-state index in [9.17, 15) is 9.59 Å². The molecular weight excluding hydrogens is 356 g/mol. The molecule has 28 heavy (non-hydrogen) atoms. The number of H-pyrrole nitrogens is 1. The van der Waals surface area contributed by atoms with Crippen LogP contribution < -0.4 is 5.56 Å². The summed E-state index contributed by atoms with van der Waals surface area (Å²) in [5, 5.41) is 11.2. The minimum Gasteiger partial charge on any atom is -0.328 e. The molecule has 0 bridgehead atoms. The van der Waals surface area contributed by atoms with E-state index in [-0.39, 0.29) is 17.5 Å². The molecule has 1 aliphatic heterocycles. The normalized spacial score (nSPS) is 16.9. The van der Waals surface area contributed by atoms with Gasteiger partial charge in [-0.2, -0.15) is 15.4 Å². The molecule has 0 saturated carbocycles. The molecule has 1 atom stereocenters. The van der Waals surface area contributed by atoms with Gasteiger partial charge in [0.15, 0.2) is 0 Å². The van der Waals surface area contributed by atoms with Crippen LogP contribution in [0.15, 0.2) is 47.3 Å². The summed E-state index contributed by atoms with van der Waals surface area (Å²) < 4.78 is 1.57. The molecule has 0 radical (unpaired) electrons. The number of hydrogen-bond donors (Lipinski definition) is 1. The van der Waals surface area contributed by atoms with Gasteiger partial charge in [-0.3, -0.25) is 14.2 Å². The summed E-state index contributed by atoms with van der Waals surface area (Å²) in [6.07, 6.45) is 1.64. The second-order valence-electron chi connectivity index (χ2n) is 7.03. The van der Waals surface area contributed by atoms with Gasteiger partial charge in [-0.15, -0.1) is 0 Å². The lowest BCUT2D eigenvalue weighted by Crippen LogP contribution is -2.34. The maximum absolute atomic E-state index is 13.2. The molecule has 1 amide bonds. The predicted molar refractivity (Wildman–Crippen MR) is 104 cm³/mol. The number of aromatic amines is 1.